The van der Waals surface area contributed by atoms with E-state index >= 15 is 0 Å². The van der Waals surface area contributed by atoms with Crippen molar-refractivity contribution in [3.8, 4) is 11.5 Å². The van der Waals surface area contributed by atoms with Gasteiger partial charge in [-0.25, -0.2) is 4.79 Å². The summed E-state index contributed by atoms with van der Waals surface area (Å²) < 4.78 is 16.0. The van der Waals surface area contributed by atoms with Crippen molar-refractivity contribution in [2.45, 2.75) is 26.2 Å². The molecule has 2 aliphatic heterocycles. The monoisotopic (exact) mass is 433 g/mol. The molecule has 1 amide bonds. The number of hydrogen-bond donors (Lipinski definition) is 0. The Morgan fingerprint density at radius 2 is 1.91 bits per heavy atom. The van der Waals surface area contributed by atoms with Crippen LogP contribution >= 0.6 is 0 Å². The van der Waals surface area contributed by atoms with E-state index in [1.54, 1.807) is 29.2 Å². The van der Waals surface area contributed by atoms with E-state index in [1.807, 2.05) is 19.1 Å². The number of ether oxygens (including phenoxy) is 2. The van der Waals surface area contributed by atoms with Gasteiger partial charge in [0.25, 0.3) is 0 Å². The van der Waals surface area contributed by atoms with Gasteiger partial charge in [0.1, 0.15) is 5.58 Å². The maximum absolute atomic E-state index is 13.1. The van der Waals surface area contributed by atoms with E-state index < -0.39 is 5.63 Å². The number of rotatable bonds is 4. The third kappa shape index (κ3) is 3.86. The molecule has 0 saturated carbocycles. The van der Waals surface area contributed by atoms with Crippen molar-refractivity contribution in [3.05, 3.63) is 69.6 Å². The number of aryl methyl sites for hydroxylation is 1. The van der Waals surface area contributed by atoms with Crippen LogP contribution in [-0.2, 0) is 11.2 Å². The Kier molecular flexibility index (Phi) is 5.17. The first-order valence-corrected chi connectivity index (χ1v) is 10.7. The van der Waals surface area contributed by atoms with E-state index in [0.717, 1.165) is 23.8 Å². The van der Waals surface area contributed by atoms with Crippen LogP contribution in [0.1, 0.15) is 34.3 Å². The molecule has 2 aromatic carbocycles. The Labute approximate surface area is 184 Å². The summed E-state index contributed by atoms with van der Waals surface area (Å²) in [5.74, 6) is 0.845. The van der Waals surface area contributed by atoms with Crippen LogP contribution in [0.25, 0.3) is 11.0 Å². The molecule has 0 N–H and O–H groups in total. The Morgan fingerprint density at radius 3 is 2.78 bits per heavy atom. The molecule has 0 aliphatic carbocycles. The molecule has 1 atom stereocenters. The van der Waals surface area contributed by atoms with E-state index in [2.05, 4.69) is 0 Å². The zero-order valence-electron chi connectivity index (χ0n) is 17.8. The van der Waals surface area contributed by atoms with Crippen molar-refractivity contribution in [1.82, 2.24) is 4.90 Å². The highest BCUT2D eigenvalue weighted by Gasteiger charge is 2.30. The lowest BCUT2D eigenvalue weighted by atomic mass is 9.89. The highest BCUT2D eigenvalue weighted by Crippen LogP contribution is 2.34. The fraction of sp³-hybridized carbons (Fsp3) is 0.320. The summed E-state index contributed by atoms with van der Waals surface area (Å²) in [7, 11) is 0. The SMILES string of the molecule is Cc1ccc2c(CC(=O)N3CCC[C@@H](C(=O)c4ccc5c(c4)OCO5)C3)cc(=O)oc2c1. The first-order valence-electron chi connectivity index (χ1n) is 10.7. The van der Waals surface area contributed by atoms with Gasteiger partial charge in [0.2, 0.25) is 12.7 Å². The fourth-order valence-electron chi connectivity index (χ4n) is 4.46. The highest BCUT2D eigenvalue weighted by atomic mass is 16.7. The average molecular weight is 433 g/mol. The molecule has 5 rings (SSSR count). The van der Waals surface area contributed by atoms with Crippen LogP contribution in [0.2, 0.25) is 0 Å². The number of likely N-dealkylation sites (tertiary alicyclic amines) is 1. The number of carbonyl (C=O) groups excluding carboxylic acids is 2. The van der Waals surface area contributed by atoms with Gasteiger partial charge in [0.05, 0.1) is 6.42 Å². The molecule has 7 nitrogen and oxygen atoms in total. The third-order valence-electron chi connectivity index (χ3n) is 6.13. The summed E-state index contributed by atoms with van der Waals surface area (Å²) in [6.07, 6.45) is 1.58. The maximum atomic E-state index is 13.1. The van der Waals surface area contributed by atoms with Crippen molar-refractivity contribution in [3.63, 3.8) is 0 Å². The second kappa shape index (κ2) is 8.15. The quantitative estimate of drug-likeness (QED) is 0.462. The predicted octanol–water partition coefficient (Wildman–Crippen LogP) is 3.49. The third-order valence-corrected chi connectivity index (χ3v) is 6.13. The summed E-state index contributed by atoms with van der Waals surface area (Å²) in [4.78, 5) is 39.9. The Bertz CT molecular complexity index is 1280. The topological polar surface area (TPSA) is 86.0 Å². The second-order valence-corrected chi connectivity index (χ2v) is 8.38. The van der Waals surface area contributed by atoms with Crippen molar-refractivity contribution >= 4 is 22.7 Å². The first kappa shape index (κ1) is 20.3. The molecule has 3 aromatic rings. The van der Waals surface area contributed by atoms with Gasteiger partial charge in [-0.1, -0.05) is 12.1 Å². The van der Waals surface area contributed by atoms with Crippen LogP contribution in [-0.4, -0.2) is 36.5 Å². The van der Waals surface area contributed by atoms with Crippen LogP contribution in [0, 0.1) is 12.8 Å². The largest absolute Gasteiger partial charge is 0.454 e. The molecule has 3 heterocycles. The fourth-order valence-corrected chi connectivity index (χ4v) is 4.46. The summed E-state index contributed by atoms with van der Waals surface area (Å²) in [6.45, 7) is 3.04. The molecular formula is C25H23NO6. The van der Waals surface area contributed by atoms with Gasteiger partial charge in [0, 0.05) is 36.0 Å². The molecule has 2 aliphatic rings. The van der Waals surface area contributed by atoms with Gasteiger partial charge in [-0.15, -0.1) is 0 Å². The lowest BCUT2D eigenvalue weighted by molar-refractivity contribution is -0.131. The smallest absolute Gasteiger partial charge is 0.336 e. The lowest BCUT2D eigenvalue weighted by Crippen LogP contribution is -2.43. The summed E-state index contributed by atoms with van der Waals surface area (Å²) in [5.41, 5.74) is 2.20. The van der Waals surface area contributed by atoms with Crippen molar-refractivity contribution < 1.29 is 23.5 Å². The van der Waals surface area contributed by atoms with E-state index in [1.165, 1.54) is 6.07 Å². The minimum Gasteiger partial charge on any atom is -0.454 e. The van der Waals surface area contributed by atoms with Crippen LogP contribution in [0.5, 0.6) is 11.5 Å². The number of Topliss-reactive ketones (excluding diaryl/α,β-unsaturated/α-hetero) is 1. The number of piperidine rings is 1. The number of amides is 1. The second-order valence-electron chi connectivity index (χ2n) is 8.38. The zero-order valence-corrected chi connectivity index (χ0v) is 17.8. The van der Waals surface area contributed by atoms with E-state index in [4.69, 9.17) is 13.9 Å². The van der Waals surface area contributed by atoms with Gasteiger partial charge in [-0.3, -0.25) is 9.59 Å². The molecule has 7 heteroatoms. The van der Waals surface area contributed by atoms with Gasteiger partial charge < -0.3 is 18.8 Å². The first-order chi connectivity index (χ1) is 15.5. The zero-order chi connectivity index (χ0) is 22.2. The predicted molar refractivity (Wildman–Crippen MR) is 117 cm³/mol. The van der Waals surface area contributed by atoms with Crippen molar-refractivity contribution in [1.29, 1.82) is 0 Å². The molecule has 1 aromatic heterocycles. The van der Waals surface area contributed by atoms with Crippen molar-refractivity contribution in [2.24, 2.45) is 5.92 Å². The van der Waals surface area contributed by atoms with Crippen LogP contribution in [0.3, 0.4) is 0 Å². The van der Waals surface area contributed by atoms with Crippen LogP contribution in [0.4, 0.5) is 0 Å². The molecule has 0 unspecified atom stereocenters. The van der Waals surface area contributed by atoms with Gasteiger partial charge >= 0.3 is 5.63 Å². The molecule has 32 heavy (non-hydrogen) atoms. The standard InChI is InChI=1S/C25H23NO6/c1-15-4-6-19-18(12-24(28)32-21(19)9-15)11-23(27)26-8-2-3-17(13-26)25(29)16-5-7-20-22(10-16)31-14-30-20/h4-7,9-10,12,17H,2-3,8,11,13-14H2,1H3/t17-/m1/s1. The van der Waals surface area contributed by atoms with Gasteiger partial charge in [-0.05, 0) is 55.2 Å². The molecule has 0 spiro atoms. The minimum absolute atomic E-state index is 0.00193. The van der Waals surface area contributed by atoms with Gasteiger partial charge in [-0.2, -0.15) is 0 Å². The molecule has 1 saturated heterocycles. The number of ketones is 1. The van der Waals surface area contributed by atoms with Crippen molar-refractivity contribution in [2.75, 3.05) is 19.9 Å². The lowest BCUT2D eigenvalue weighted by Gasteiger charge is -2.32. The van der Waals surface area contributed by atoms with E-state index in [-0.39, 0.29) is 30.8 Å². The molecular weight excluding hydrogens is 410 g/mol. The Balaban J connectivity index is 1.32. The van der Waals surface area contributed by atoms with Gasteiger partial charge in [0.15, 0.2) is 17.3 Å². The van der Waals surface area contributed by atoms with Crippen LogP contribution < -0.4 is 15.1 Å². The van der Waals surface area contributed by atoms with Crippen LogP contribution in [0.15, 0.2) is 51.7 Å². The molecule has 1 fully saturated rings. The molecule has 164 valence electrons. The number of fused-ring (bicyclic) bond motifs is 2. The molecule has 0 bridgehead atoms. The summed E-state index contributed by atoms with van der Waals surface area (Å²) >= 11 is 0. The minimum atomic E-state index is -0.472. The average Bonchev–Trinajstić information content (AvgIpc) is 3.26. The normalized spacial score (nSPS) is 17.5. The highest BCUT2D eigenvalue weighted by molar-refractivity contribution is 5.99. The number of nitrogens with zero attached hydrogens (tertiary/aromatic N) is 1. The molecule has 0 radical (unpaired) electrons. The van der Waals surface area contributed by atoms with E-state index in [0.29, 0.717) is 41.3 Å². The Morgan fingerprint density at radius 1 is 1.06 bits per heavy atom. The summed E-state index contributed by atoms with van der Waals surface area (Å²) in [5, 5.41) is 0.758. The number of carbonyl (C=O) groups is 2. The number of benzene rings is 2. The van der Waals surface area contributed by atoms with E-state index in [9.17, 15) is 14.4 Å². The maximum Gasteiger partial charge on any atom is 0.336 e. The number of hydrogen-bond acceptors (Lipinski definition) is 6. The summed E-state index contributed by atoms with van der Waals surface area (Å²) in [6, 6.07) is 12.2. The Hall–Kier alpha value is -3.61.